The molecule has 0 aliphatic heterocycles. The van der Waals surface area contributed by atoms with Gasteiger partial charge in [0.25, 0.3) is 5.56 Å². The Morgan fingerprint density at radius 1 is 0.963 bits per heavy atom. The standard InChI is InChI=1S/C22H20N2O2S/c1-2-8-18-23-21-19(20(25)16-11-6-7-12-17(16)27-21)22(26)24(18)14-13-15-9-4-3-5-10-15/h3-7,9-12H,2,8,13-14H2,1H3. The summed E-state index contributed by atoms with van der Waals surface area (Å²) in [5.74, 6) is 0.761. The maximum atomic E-state index is 13.2. The Bertz CT molecular complexity index is 1230. The van der Waals surface area contributed by atoms with E-state index < -0.39 is 0 Å². The molecule has 0 atom stereocenters. The van der Waals surface area contributed by atoms with Crippen LogP contribution in [0.3, 0.4) is 0 Å². The second-order valence-electron chi connectivity index (χ2n) is 6.58. The first-order valence-corrected chi connectivity index (χ1v) is 10.00. The molecule has 0 saturated heterocycles. The third kappa shape index (κ3) is 3.30. The summed E-state index contributed by atoms with van der Waals surface area (Å²) in [6, 6.07) is 17.5. The molecule has 0 saturated carbocycles. The normalized spacial score (nSPS) is 11.3. The molecule has 136 valence electrons. The minimum Gasteiger partial charge on any atom is -0.296 e. The zero-order chi connectivity index (χ0) is 18.8. The van der Waals surface area contributed by atoms with Crippen molar-refractivity contribution in [2.45, 2.75) is 32.7 Å². The van der Waals surface area contributed by atoms with Crippen LogP contribution in [-0.4, -0.2) is 9.55 Å². The van der Waals surface area contributed by atoms with Gasteiger partial charge in [-0.3, -0.25) is 14.2 Å². The Balaban J connectivity index is 1.91. The van der Waals surface area contributed by atoms with Gasteiger partial charge in [0, 0.05) is 23.1 Å². The predicted octanol–water partition coefficient (Wildman–Crippen LogP) is 4.17. The van der Waals surface area contributed by atoms with Gasteiger partial charge in [-0.25, -0.2) is 4.98 Å². The van der Waals surface area contributed by atoms with Crippen LogP contribution in [0, 0.1) is 0 Å². The molecule has 0 bridgehead atoms. The van der Waals surface area contributed by atoms with E-state index in [0.717, 1.165) is 28.9 Å². The Morgan fingerprint density at radius 2 is 1.70 bits per heavy atom. The molecule has 2 aromatic heterocycles. The van der Waals surface area contributed by atoms with Crippen molar-refractivity contribution in [3.05, 3.63) is 86.6 Å². The van der Waals surface area contributed by atoms with Crippen LogP contribution in [0.15, 0.2) is 64.2 Å². The highest BCUT2D eigenvalue weighted by molar-refractivity contribution is 7.24. The van der Waals surface area contributed by atoms with Crippen molar-refractivity contribution >= 4 is 31.6 Å². The van der Waals surface area contributed by atoms with Gasteiger partial charge in [-0.1, -0.05) is 49.4 Å². The summed E-state index contributed by atoms with van der Waals surface area (Å²) in [7, 11) is 0. The predicted molar refractivity (Wildman–Crippen MR) is 112 cm³/mol. The van der Waals surface area contributed by atoms with E-state index in [4.69, 9.17) is 4.98 Å². The molecule has 0 aliphatic carbocycles. The van der Waals surface area contributed by atoms with Crippen LogP contribution < -0.4 is 11.0 Å². The van der Waals surface area contributed by atoms with Crippen molar-refractivity contribution < 1.29 is 0 Å². The van der Waals surface area contributed by atoms with E-state index in [1.807, 2.05) is 48.5 Å². The molecule has 0 N–H and O–H groups in total. The Labute approximate surface area is 160 Å². The van der Waals surface area contributed by atoms with E-state index in [9.17, 15) is 9.59 Å². The molecule has 0 radical (unpaired) electrons. The lowest BCUT2D eigenvalue weighted by Gasteiger charge is -2.13. The third-order valence-electron chi connectivity index (χ3n) is 4.72. The average Bonchev–Trinajstić information content (AvgIpc) is 2.68. The number of rotatable bonds is 5. The fourth-order valence-electron chi connectivity index (χ4n) is 3.36. The molecule has 4 rings (SSSR count). The molecular weight excluding hydrogens is 356 g/mol. The minimum absolute atomic E-state index is 0.214. The van der Waals surface area contributed by atoms with Gasteiger partial charge in [-0.15, -0.1) is 11.3 Å². The molecule has 5 heteroatoms. The summed E-state index contributed by atoms with van der Waals surface area (Å²) >= 11 is 1.42. The quantitative estimate of drug-likeness (QED) is 0.491. The smallest absolute Gasteiger partial charge is 0.266 e. The summed E-state index contributed by atoms with van der Waals surface area (Å²) in [6.07, 6.45) is 2.34. The largest absolute Gasteiger partial charge is 0.296 e. The molecule has 0 aliphatic rings. The van der Waals surface area contributed by atoms with Crippen LogP contribution in [0.1, 0.15) is 24.7 Å². The van der Waals surface area contributed by atoms with E-state index >= 15 is 0 Å². The van der Waals surface area contributed by atoms with E-state index in [-0.39, 0.29) is 16.4 Å². The molecule has 0 unspecified atom stereocenters. The molecular formula is C22H20N2O2S. The fraction of sp³-hybridized carbons (Fsp3) is 0.227. The zero-order valence-electron chi connectivity index (χ0n) is 15.1. The van der Waals surface area contributed by atoms with Gasteiger partial charge in [0.1, 0.15) is 16.0 Å². The summed E-state index contributed by atoms with van der Waals surface area (Å²) in [5, 5.41) is 0.804. The maximum absolute atomic E-state index is 13.2. The number of fused-ring (bicyclic) bond motifs is 2. The first kappa shape index (κ1) is 17.6. The Kier molecular flexibility index (Phi) is 4.86. The number of nitrogens with zero attached hydrogens (tertiary/aromatic N) is 2. The van der Waals surface area contributed by atoms with E-state index in [2.05, 4.69) is 6.92 Å². The second kappa shape index (κ2) is 7.45. The van der Waals surface area contributed by atoms with Crippen LogP contribution in [-0.2, 0) is 19.4 Å². The highest BCUT2D eigenvalue weighted by Gasteiger charge is 2.16. The van der Waals surface area contributed by atoms with Crippen LogP contribution >= 0.6 is 11.3 Å². The monoisotopic (exact) mass is 376 g/mol. The lowest BCUT2D eigenvalue weighted by molar-refractivity contribution is 0.610. The lowest BCUT2D eigenvalue weighted by atomic mass is 10.1. The molecule has 2 heterocycles. The van der Waals surface area contributed by atoms with Crippen molar-refractivity contribution in [3.8, 4) is 0 Å². The molecule has 4 aromatic rings. The van der Waals surface area contributed by atoms with Crippen molar-refractivity contribution in [1.82, 2.24) is 9.55 Å². The Hall–Kier alpha value is -2.79. The van der Waals surface area contributed by atoms with Gasteiger partial charge in [0.15, 0.2) is 0 Å². The van der Waals surface area contributed by atoms with E-state index in [1.165, 1.54) is 11.3 Å². The number of aryl methyl sites for hydroxylation is 2. The first-order chi connectivity index (χ1) is 13.2. The van der Waals surface area contributed by atoms with Crippen molar-refractivity contribution in [1.29, 1.82) is 0 Å². The van der Waals surface area contributed by atoms with E-state index in [0.29, 0.717) is 23.2 Å². The molecule has 0 spiro atoms. The highest BCUT2D eigenvalue weighted by Crippen LogP contribution is 2.22. The number of aromatic nitrogens is 2. The number of benzene rings is 2. The van der Waals surface area contributed by atoms with Gasteiger partial charge in [0.2, 0.25) is 5.43 Å². The second-order valence-corrected chi connectivity index (χ2v) is 7.61. The summed E-state index contributed by atoms with van der Waals surface area (Å²) < 4.78 is 2.56. The Morgan fingerprint density at radius 3 is 2.48 bits per heavy atom. The molecule has 2 aromatic carbocycles. The van der Waals surface area contributed by atoms with Gasteiger partial charge in [-0.2, -0.15) is 0 Å². The SMILES string of the molecule is CCCc1nc2sc3ccccc3c(=O)c2c(=O)n1CCc1ccccc1. The third-order valence-corrected chi connectivity index (χ3v) is 5.79. The topological polar surface area (TPSA) is 52.0 Å². The number of hydrogen-bond donors (Lipinski definition) is 0. The maximum Gasteiger partial charge on any atom is 0.266 e. The highest BCUT2D eigenvalue weighted by atomic mass is 32.1. The molecule has 0 fully saturated rings. The lowest BCUT2D eigenvalue weighted by Crippen LogP contribution is -2.29. The van der Waals surface area contributed by atoms with Crippen molar-refractivity contribution in [2.24, 2.45) is 0 Å². The summed E-state index contributed by atoms with van der Waals surface area (Å²) in [4.78, 5) is 31.5. The average molecular weight is 376 g/mol. The van der Waals surface area contributed by atoms with Gasteiger partial charge >= 0.3 is 0 Å². The van der Waals surface area contributed by atoms with Crippen molar-refractivity contribution in [2.75, 3.05) is 0 Å². The fourth-order valence-corrected chi connectivity index (χ4v) is 4.42. The first-order valence-electron chi connectivity index (χ1n) is 9.18. The van der Waals surface area contributed by atoms with Crippen LogP contribution in [0.5, 0.6) is 0 Å². The molecule has 27 heavy (non-hydrogen) atoms. The zero-order valence-corrected chi connectivity index (χ0v) is 16.0. The summed E-state index contributed by atoms with van der Waals surface area (Å²) in [5.41, 5.74) is 0.732. The van der Waals surface area contributed by atoms with Gasteiger partial charge in [0.05, 0.1) is 0 Å². The minimum atomic E-state index is -0.216. The number of hydrogen-bond acceptors (Lipinski definition) is 4. The van der Waals surface area contributed by atoms with Crippen LogP contribution in [0.25, 0.3) is 20.3 Å². The van der Waals surface area contributed by atoms with Crippen LogP contribution in [0.4, 0.5) is 0 Å². The van der Waals surface area contributed by atoms with Gasteiger partial charge in [-0.05, 0) is 30.5 Å². The molecule has 4 nitrogen and oxygen atoms in total. The molecule has 0 amide bonds. The van der Waals surface area contributed by atoms with Crippen molar-refractivity contribution in [3.63, 3.8) is 0 Å². The van der Waals surface area contributed by atoms with Crippen LogP contribution in [0.2, 0.25) is 0 Å². The van der Waals surface area contributed by atoms with Gasteiger partial charge < -0.3 is 0 Å². The van der Waals surface area contributed by atoms with E-state index in [1.54, 1.807) is 10.6 Å². The summed E-state index contributed by atoms with van der Waals surface area (Å²) in [6.45, 7) is 2.60.